The van der Waals surface area contributed by atoms with Gasteiger partial charge in [0.15, 0.2) is 0 Å². The molecule has 2 N–H and O–H groups in total. The maximum atomic E-state index is 12.0. The van der Waals surface area contributed by atoms with Crippen molar-refractivity contribution >= 4 is 5.91 Å². The van der Waals surface area contributed by atoms with Crippen molar-refractivity contribution < 1.29 is 4.79 Å². The summed E-state index contributed by atoms with van der Waals surface area (Å²) >= 11 is 0. The summed E-state index contributed by atoms with van der Waals surface area (Å²) in [6.45, 7) is 12.6. The quantitative estimate of drug-likeness (QED) is 0.682. The van der Waals surface area contributed by atoms with Gasteiger partial charge in [-0.3, -0.25) is 4.79 Å². The van der Waals surface area contributed by atoms with E-state index >= 15 is 0 Å². The van der Waals surface area contributed by atoms with Crippen molar-refractivity contribution in [3.05, 3.63) is 12.7 Å². The molecule has 0 aliphatic carbocycles. The molecular formula is C12H24N2O. The zero-order valence-corrected chi connectivity index (χ0v) is 10.4. The number of carbonyl (C=O) groups excluding carboxylic acids is 1. The molecule has 0 aromatic carbocycles. The van der Waals surface area contributed by atoms with Crippen LogP contribution in [0.25, 0.3) is 0 Å². The van der Waals surface area contributed by atoms with E-state index in [4.69, 9.17) is 5.73 Å². The van der Waals surface area contributed by atoms with E-state index in [1.165, 1.54) is 0 Å². The van der Waals surface area contributed by atoms with Crippen molar-refractivity contribution in [2.75, 3.05) is 6.54 Å². The summed E-state index contributed by atoms with van der Waals surface area (Å²) in [5, 5.41) is 0. The lowest BCUT2D eigenvalue weighted by Gasteiger charge is -2.30. The van der Waals surface area contributed by atoms with Gasteiger partial charge in [0.25, 0.3) is 0 Å². The molecule has 15 heavy (non-hydrogen) atoms. The Labute approximate surface area is 93.3 Å². The van der Waals surface area contributed by atoms with Crippen LogP contribution >= 0.6 is 0 Å². The number of amides is 1. The van der Waals surface area contributed by atoms with Crippen LogP contribution in [0.5, 0.6) is 0 Å². The van der Waals surface area contributed by atoms with Gasteiger partial charge in [0.1, 0.15) is 0 Å². The largest absolute Gasteiger partial charge is 0.339 e. The maximum Gasteiger partial charge on any atom is 0.240 e. The summed E-state index contributed by atoms with van der Waals surface area (Å²) in [6.07, 6.45) is 2.23. The van der Waals surface area contributed by atoms with Crippen LogP contribution in [0.4, 0.5) is 0 Å². The first-order valence-electron chi connectivity index (χ1n) is 5.57. The zero-order chi connectivity index (χ0) is 12.0. The summed E-state index contributed by atoms with van der Waals surface area (Å²) in [7, 11) is 0. The molecule has 0 heterocycles. The molecule has 3 nitrogen and oxygen atoms in total. The smallest absolute Gasteiger partial charge is 0.240 e. The van der Waals surface area contributed by atoms with Crippen molar-refractivity contribution in [1.29, 1.82) is 0 Å². The fraction of sp³-hybridized carbons (Fsp3) is 0.750. The summed E-state index contributed by atoms with van der Waals surface area (Å²) in [5.41, 5.74) is 5.78. The number of nitrogens with zero attached hydrogens (tertiary/aromatic N) is 1. The first-order chi connectivity index (χ1) is 6.90. The summed E-state index contributed by atoms with van der Waals surface area (Å²) in [6, 6.07) is -0.237. The molecule has 88 valence electrons. The van der Waals surface area contributed by atoms with Crippen molar-refractivity contribution in [2.24, 2.45) is 11.7 Å². The fourth-order valence-electron chi connectivity index (χ4n) is 1.44. The van der Waals surface area contributed by atoms with Crippen LogP contribution < -0.4 is 5.73 Å². The van der Waals surface area contributed by atoms with Gasteiger partial charge < -0.3 is 10.6 Å². The van der Waals surface area contributed by atoms with Crippen LogP contribution in [0.1, 0.15) is 34.1 Å². The molecule has 0 spiro atoms. The molecule has 1 amide bonds. The molecule has 0 bridgehead atoms. The van der Waals surface area contributed by atoms with Gasteiger partial charge in [0, 0.05) is 12.6 Å². The van der Waals surface area contributed by atoms with E-state index in [1.54, 1.807) is 6.08 Å². The molecule has 1 atom stereocenters. The highest BCUT2D eigenvalue weighted by molar-refractivity contribution is 5.82. The highest BCUT2D eigenvalue weighted by atomic mass is 16.2. The third kappa shape index (κ3) is 4.98. The van der Waals surface area contributed by atoms with Crippen molar-refractivity contribution in [1.82, 2.24) is 4.90 Å². The van der Waals surface area contributed by atoms with Crippen molar-refractivity contribution in [3.8, 4) is 0 Å². The highest BCUT2D eigenvalue weighted by Gasteiger charge is 2.22. The van der Waals surface area contributed by atoms with Crippen molar-refractivity contribution in [2.45, 2.75) is 46.2 Å². The molecule has 0 aromatic rings. The summed E-state index contributed by atoms with van der Waals surface area (Å²) < 4.78 is 0. The first-order valence-corrected chi connectivity index (χ1v) is 5.57. The van der Waals surface area contributed by atoms with E-state index < -0.39 is 6.04 Å². The second kappa shape index (κ2) is 6.62. The minimum atomic E-state index is -0.441. The molecule has 0 saturated carbocycles. The monoisotopic (exact) mass is 212 g/mol. The number of hydrogen-bond donors (Lipinski definition) is 1. The molecule has 0 aliphatic heterocycles. The number of hydrogen-bond acceptors (Lipinski definition) is 2. The fourth-order valence-corrected chi connectivity index (χ4v) is 1.44. The number of rotatable bonds is 6. The highest BCUT2D eigenvalue weighted by Crippen LogP contribution is 2.07. The molecule has 0 aromatic heterocycles. The van der Waals surface area contributed by atoms with Crippen LogP contribution in [0.15, 0.2) is 12.7 Å². The van der Waals surface area contributed by atoms with Gasteiger partial charge in [-0.25, -0.2) is 0 Å². The van der Waals surface area contributed by atoms with Crippen LogP contribution in [0.2, 0.25) is 0 Å². The average Bonchev–Trinajstić information content (AvgIpc) is 2.12. The number of nitrogens with two attached hydrogens (primary N) is 1. The van der Waals surface area contributed by atoms with E-state index in [1.807, 2.05) is 18.7 Å². The Morgan fingerprint density at radius 3 is 2.27 bits per heavy atom. The Hall–Kier alpha value is -0.830. The van der Waals surface area contributed by atoms with Gasteiger partial charge in [-0.2, -0.15) is 0 Å². The van der Waals surface area contributed by atoms with Crippen LogP contribution in [0, 0.1) is 5.92 Å². The zero-order valence-electron chi connectivity index (χ0n) is 10.4. The van der Waals surface area contributed by atoms with E-state index in [-0.39, 0.29) is 11.9 Å². The normalized spacial score (nSPS) is 13.0. The molecule has 0 saturated heterocycles. The molecular weight excluding hydrogens is 188 g/mol. The van der Waals surface area contributed by atoms with E-state index in [0.717, 1.165) is 6.54 Å². The van der Waals surface area contributed by atoms with E-state index in [9.17, 15) is 4.79 Å². The minimum Gasteiger partial charge on any atom is -0.339 e. The lowest BCUT2D eigenvalue weighted by Crippen LogP contribution is -2.48. The van der Waals surface area contributed by atoms with Gasteiger partial charge in [-0.1, -0.05) is 19.9 Å². The molecule has 3 heteroatoms. The van der Waals surface area contributed by atoms with Crippen molar-refractivity contribution in [3.63, 3.8) is 0 Å². The van der Waals surface area contributed by atoms with E-state index in [0.29, 0.717) is 12.3 Å². The van der Waals surface area contributed by atoms with Crippen LogP contribution in [-0.2, 0) is 4.79 Å². The second-order valence-corrected chi connectivity index (χ2v) is 4.61. The summed E-state index contributed by atoms with van der Waals surface area (Å²) in [4.78, 5) is 13.8. The van der Waals surface area contributed by atoms with Gasteiger partial charge in [0.2, 0.25) is 5.91 Å². The SMILES string of the molecule is C=CCC(N)C(=O)N(CC(C)C)C(C)C. The number of carbonyl (C=O) groups is 1. The Bertz CT molecular complexity index is 212. The van der Waals surface area contributed by atoms with Gasteiger partial charge in [-0.05, 0) is 26.2 Å². The van der Waals surface area contributed by atoms with E-state index in [2.05, 4.69) is 20.4 Å². The standard InChI is InChI=1S/C12H24N2O/c1-6-7-11(13)12(15)14(10(4)5)8-9(2)3/h6,9-11H,1,7-8,13H2,2-5H3. The summed E-state index contributed by atoms with van der Waals surface area (Å²) in [5.74, 6) is 0.492. The van der Waals surface area contributed by atoms with Gasteiger partial charge >= 0.3 is 0 Å². The Morgan fingerprint density at radius 2 is 1.93 bits per heavy atom. The second-order valence-electron chi connectivity index (χ2n) is 4.61. The third-order valence-electron chi connectivity index (χ3n) is 2.21. The lowest BCUT2D eigenvalue weighted by atomic mass is 10.1. The predicted molar refractivity (Wildman–Crippen MR) is 64.5 cm³/mol. The molecule has 0 aliphatic rings. The lowest BCUT2D eigenvalue weighted by molar-refractivity contribution is -0.134. The van der Waals surface area contributed by atoms with Gasteiger partial charge in [-0.15, -0.1) is 6.58 Å². The Kier molecular flexibility index (Phi) is 6.25. The third-order valence-corrected chi connectivity index (χ3v) is 2.21. The maximum absolute atomic E-state index is 12.0. The van der Waals surface area contributed by atoms with Crippen LogP contribution in [0.3, 0.4) is 0 Å². The predicted octanol–water partition coefficient (Wildman–Crippen LogP) is 1.78. The average molecular weight is 212 g/mol. The molecule has 1 unspecified atom stereocenters. The molecule has 0 radical (unpaired) electrons. The molecule has 0 fully saturated rings. The molecule has 0 rings (SSSR count). The minimum absolute atomic E-state index is 0.0265. The van der Waals surface area contributed by atoms with Gasteiger partial charge in [0.05, 0.1) is 6.04 Å². The Morgan fingerprint density at radius 1 is 1.40 bits per heavy atom. The topological polar surface area (TPSA) is 46.3 Å². The first kappa shape index (κ1) is 14.2. The Balaban J connectivity index is 4.47. The van der Waals surface area contributed by atoms with Crippen LogP contribution in [-0.4, -0.2) is 29.4 Å².